The number of carbonyl (C=O) groups is 1. The number of carbonyl (C=O) groups excluding carboxylic acids is 1. The summed E-state index contributed by atoms with van der Waals surface area (Å²) < 4.78 is 40.5. The molecule has 1 N–H and O–H groups in total. The fraction of sp³-hybridized carbons (Fsp3) is 0.471. The highest BCUT2D eigenvalue weighted by molar-refractivity contribution is 7.89. The number of nitrogens with zero attached hydrogens (tertiary/aromatic N) is 3. The van der Waals surface area contributed by atoms with Gasteiger partial charge in [0.2, 0.25) is 15.2 Å². The van der Waals surface area contributed by atoms with Gasteiger partial charge in [-0.1, -0.05) is 39.0 Å². The van der Waals surface area contributed by atoms with Crippen LogP contribution in [0, 0.1) is 11.7 Å². The normalized spacial score (nSPS) is 12.0. The highest BCUT2D eigenvalue weighted by atomic mass is 32.2. The molecular formula is C17H23FN4O3S2. The van der Waals surface area contributed by atoms with E-state index >= 15 is 0 Å². The van der Waals surface area contributed by atoms with Crippen LogP contribution in [0.4, 0.5) is 9.52 Å². The van der Waals surface area contributed by atoms with E-state index in [1.807, 2.05) is 0 Å². The third kappa shape index (κ3) is 5.08. The highest BCUT2D eigenvalue weighted by Crippen LogP contribution is 2.23. The molecule has 0 aliphatic carbocycles. The van der Waals surface area contributed by atoms with Gasteiger partial charge in [-0.25, -0.2) is 12.8 Å². The number of amides is 1. The van der Waals surface area contributed by atoms with Gasteiger partial charge >= 0.3 is 0 Å². The molecule has 27 heavy (non-hydrogen) atoms. The Balaban J connectivity index is 2.26. The molecule has 2 rings (SSSR count). The summed E-state index contributed by atoms with van der Waals surface area (Å²) in [6, 6.07) is 3.27. The van der Waals surface area contributed by atoms with E-state index in [1.165, 1.54) is 17.4 Å². The predicted molar refractivity (Wildman–Crippen MR) is 103 cm³/mol. The first-order valence-electron chi connectivity index (χ1n) is 8.62. The molecule has 0 fully saturated rings. The van der Waals surface area contributed by atoms with Crippen molar-refractivity contribution in [1.82, 2.24) is 14.5 Å². The summed E-state index contributed by atoms with van der Waals surface area (Å²) in [6.07, 6.45) is 0.746. The van der Waals surface area contributed by atoms with Crippen LogP contribution in [0.1, 0.15) is 43.1 Å². The molecule has 0 aliphatic heterocycles. The molecule has 0 unspecified atom stereocenters. The van der Waals surface area contributed by atoms with Crippen molar-refractivity contribution in [2.24, 2.45) is 5.92 Å². The van der Waals surface area contributed by atoms with Crippen molar-refractivity contribution in [3.8, 4) is 0 Å². The Morgan fingerprint density at radius 1 is 1.26 bits per heavy atom. The van der Waals surface area contributed by atoms with Crippen LogP contribution in [0.5, 0.6) is 0 Å². The van der Waals surface area contributed by atoms with Gasteiger partial charge in [0.05, 0.1) is 0 Å². The van der Waals surface area contributed by atoms with Gasteiger partial charge in [-0.2, -0.15) is 4.31 Å². The summed E-state index contributed by atoms with van der Waals surface area (Å²) in [6.45, 7) is 7.85. The van der Waals surface area contributed by atoms with Crippen molar-refractivity contribution in [1.29, 1.82) is 0 Å². The van der Waals surface area contributed by atoms with Gasteiger partial charge < -0.3 is 0 Å². The number of aromatic nitrogens is 2. The molecule has 0 saturated heterocycles. The van der Waals surface area contributed by atoms with Crippen molar-refractivity contribution >= 4 is 32.4 Å². The second-order valence-corrected chi connectivity index (χ2v) is 9.26. The number of sulfonamides is 1. The summed E-state index contributed by atoms with van der Waals surface area (Å²) >= 11 is 1.25. The van der Waals surface area contributed by atoms with Gasteiger partial charge in [-0.15, -0.1) is 10.2 Å². The number of hydrogen-bond acceptors (Lipinski definition) is 6. The van der Waals surface area contributed by atoms with E-state index in [1.54, 1.807) is 13.8 Å². The molecule has 0 atom stereocenters. The van der Waals surface area contributed by atoms with Crippen LogP contribution >= 0.6 is 11.3 Å². The largest absolute Gasteiger partial charge is 0.296 e. The standard InChI is InChI=1S/C17H23FN4O3S2/c1-5-22(6-2)27(24,25)14-10-12(7-8-13(14)18)16(23)19-17-21-20-15(26-17)9-11(3)4/h7-8,10-11H,5-6,9H2,1-4H3,(H,19,21,23). The molecule has 1 heterocycles. The molecule has 0 aliphatic rings. The molecule has 10 heteroatoms. The maximum Gasteiger partial charge on any atom is 0.257 e. The molecule has 7 nitrogen and oxygen atoms in total. The minimum atomic E-state index is -4.02. The highest BCUT2D eigenvalue weighted by Gasteiger charge is 2.26. The first-order chi connectivity index (χ1) is 12.7. The third-order valence-corrected chi connectivity index (χ3v) is 6.71. The van der Waals surface area contributed by atoms with Gasteiger partial charge in [-0.3, -0.25) is 10.1 Å². The lowest BCUT2D eigenvalue weighted by Gasteiger charge is -2.19. The molecule has 0 radical (unpaired) electrons. The quantitative estimate of drug-likeness (QED) is 0.716. The Morgan fingerprint density at radius 3 is 2.52 bits per heavy atom. The average molecular weight is 415 g/mol. The van der Waals surface area contributed by atoms with E-state index in [0.717, 1.165) is 27.9 Å². The van der Waals surface area contributed by atoms with Crippen LogP contribution in [-0.4, -0.2) is 41.9 Å². The molecule has 1 aromatic carbocycles. The van der Waals surface area contributed by atoms with E-state index in [9.17, 15) is 17.6 Å². The Morgan fingerprint density at radius 2 is 1.93 bits per heavy atom. The van der Waals surface area contributed by atoms with Crippen LogP contribution in [-0.2, 0) is 16.4 Å². The second-order valence-electron chi connectivity index (χ2n) is 6.29. The number of rotatable bonds is 8. The topological polar surface area (TPSA) is 92.3 Å². The van der Waals surface area contributed by atoms with Crippen molar-refractivity contribution in [2.45, 2.75) is 39.0 Å². The summed E-state index contributed by atoms with van der Waals surface area (Å²) in [5, 5.41) is 11.6. The Bertz CT molecular complexity index is 909. The predicted octanol–water partition coefficient (Wildman–Crippen LogP) is 3.16. The molecular weight excluding hydrogens is 391 g/mol. The summed E-state index contributed by atoms with van der Waals surface area (Å²) in [5.41, 5.74) is 0.0303. The fourth-order valence-electron chi connectivity index (χ4n) is 2.45. The molecule has 1 aromatic heterocycles. The van der Waals surface area contributed by atoms with Gasteiger partial charge in [0.15, 0.2) is 0 Å². The van der Waals surface area contributed by atoms with Crippen LogP contribution < -0.4 is 5.32 Å². The van der Waals surface area contributed by atoms with Gasteiger partial charge in [0, 0.05) is 25.1 Å². The van der Waals surface area contributed by atoms with Crippen LogP contribution in [0.15, 0.2) is 23.1 Å². The van der Waals surface area contributed by atoms with E-state index in [2.05, 4.69) is 29.4 Å². The summed E-state index contributed by atoms with van der Waals surface area (Å²) in [5.74, 6) is -1.06. The third-order valence-electron chi connectivity index (χ3n) is 3.79. The minimum Gasteiger partial charge on any atom is -0.296 e. The zero-order chi connectivity index (χ0) is 20.2. The Hall–Kier alpha value is -1.91. The number of hydrogen-bond donors (Lipinski definition) is 1. The molecule has 2 aromatic rings. The van der Waals surface area contributed by atoms with Crippen LogP contribution in [0.3, 0.4) is 0 Å². The first kappa shape index (κ1) is 21.4. The van der Waals surface area contributed by atoms with Gasteiger partial charge in [0.25, 0.3) is 5.91 Å². The number of halogens is 1. The number of benzene rings is 1. The summed E-state index contributed by atoms with van der Waals surface area (Å²) in [7, 11) is -4.02. The van der Waals surface area contributed by atoms with E-state index in [4.69, 9.17) is 0 Å². The molecule has 148 valence electrons. The second kappa shape index (κ2) is 8.85. The fourth-order valence-corrected chi connectivity index (χ4v) is 4.95. The molecule has 0 bridgehead atoms. The Labute approximate surface area is 162 Å². The first-order valence-corrected chi connectivity index (χ1v) is 10.9. The van der Waals surface area contributed by atoms with Crippen molar-refractivity contribution in [3.63, 3.8) is 0 Å². The smallest absolute Gasteiger partial charge is 0.257 e. The van der Waals surface area contributed by atoms with Crippen molar-refractivity contribution in [3.05, 3.63) is 34.6 Å². The number of anilines is 1. The van der Waals surface area contributed by atoms with Crippen molar-refractivity contribution in [2.75, 3.05) is 18.4 Å². The molecule has 1 amide bonds. The van der Waals surface area contributed by atoms with Crippen LogP contribution in [0.2, 0.25) is 0 Å². The maximum atomic E-state index is 14.2. The maximum absolute atomic E-state index is 14.2. The molecule has 0 spiro atoms. The molecule has 0 saturated carbocycles. The lowest BCUT2D eigenvalue weighted by Crippen LogP contribution is -2.31. The van der Waals surface area contributed by atoms with Gasteiger partial charge in [-0.05, 0) is 24.1 Å². The number of nitrogens with one attached hydrogen (secondary N) is 1. The average Bonchev–Trinajstić information content (AvgIpc) is 3.01. The lowest BCUT2D eigenvalue weighted by molar-refractivity contribution is 0.102. The minimum absolute atomic E-state index is 0.0303. The van der Waals surface area contributed by atoms with E-state index in [0.29, 0.717) is 11.0 Å². The Kier molecular flexibility index (Phi) is 7.01. The van der Waals surface area contributed by atoms with Gasteiger partial charge in [0.1, 0.15) is 15.7 Å². The zero-order valence-corrected chi connectivity index (χ0v) is 17.3. The monoisotopic (exact) mass is 414 g/mol. The lowest BCUT2D eigenvalue weighted by atomic mass is 10.1. The SMILES string of the molecule is CCN(CC)S(=O)(=O)c1cc(C(=O)Nc2nnc(CC(C)C)s2)ccc1F. The van der Waals surface area contributed by atoms with Crippen molar-refractivity contribution < 1.29 is 17.6 Å². The van der Waals surface area contributed by atoms with Crippen LogP contribution in [0.25, 0.3) is 0 Å². The summed E-state index contributed by atoms with van der Waals surface area (Å²) in [4.78, 5) is 11.9. The van der Waals surface area contributed by atoms with E-state index in [-0.39, 0.29) is 18.7 Å². The zero-order valence-electron chi connectivity index (χ0n) is 15.7. The van der Waals surface area contributed by atoms with E-state index < -0.39 is 26.6 Å².